The molecule has 100 valence electrons. The summed E-state index contributed by atoms with van der Waals surface area (Å²) in [6, 6.07) is 13.1. The zero-order valence-corrected chi connectivity index (χ0v) is 10.9. The quantitative estimate of drug-likeness (QED) is 0.634. The molecule has 0 aliphatic rings. The second-order valence-electron chi connectivity index (χ2n) is 4.61. The summed E-state index contributed by atoms with van der Waals surface area (Å²) in [5, 5.41) is 12.8. The molecular formula is C15H19N3O. The van der Waals surface area contributed by atoms with Crippen LogP contribution in [0.3, 0.4) is 0 Å². The number of benzene rings is 2. The number of nitrogens with two attached hydrogens (primary N) is 2. The van der Waals surface area contributed by atoms with Gasteiger partial charge in [0.1, 0.15) is 0 Å². The Labute approximate surface area is 113 Å². The van der Waals surface area contributed by atoms with Crippen LogP contribution in [-0.4, -0.2) is 5.11 Å². The Balaban J connectivity index is 2.10. The summed E-state index contributed by atoms with van der Waals surface area (Å²) in [4.78, 5) is 0. The monoisotopic (exact) mass is 257 g/mol. The lowest BCUT2D eigenvalue weighted by Crippen LogP contribution is -2.04. The van der Waals surface area contributed by atoms with Crippen LogP contribution in [0.25, 0.3) is 0 Å². The summed E-state index contributed by atoms with van der Waals surface area (Å²) >= 11 is 0. The molecule has 0 aromatic heterocycles. The van der Waals surface area contributed by atoms with E-state index < -0.39 is 6.10 Å². The first-order chi connectivity index (χ1) is 9.06. The van der Waals surface area contributed by atoms with Gasteiger partial charge in [-0.15, -0.1) is 0 Å². The average Bonchev–Trinajstić information content (AvgIpc) is 2.40. The highest BCUT2D eigenvalue weighted by molar-refractivity contribution is 5.57. The van der Waals surface area contributed by atoms with Gasteiger partial charge in [-0.2, -0.15) is 0 Å². The first-order valence-corrected chi connectivity index (χ1v) is 6.22. The van der Waals surface area contributed by atoms with Crippen molar-refractivity contribution in [3.63, 3.8) is 0 Å². The van der Waals surface area contributed by atoms with Crippen LogP contribution < -0.4 is 16.8 Å². The molecule has 4 heteroatoms. The Morgan fingerprint density at radius 1 is 1.16 bits per heavy atom. The molecule has 0 bridgehead atoms. The summed E-state index contributed by atoms with van der Waals surface area (Å²) in [6.45, 7) is 2.34. The molecule has 0 saturated carbocycles. The molecule has 2 rings (SSSR count). The molecule has 0 aliphatic heterocycles. The number of nitrogens with one attached hydrogen (secondary N) is 1. The fraction of sp³-hybridized carbons (Fsp3) is 0.200. The van der Waals surface area contributed by atoms with Crippen LogP contribution in [-0.2, 0) is 6.54 Å². The molecule has 0 radical (unpaired) electrons. The summed E-state index contributed by atoms with van der Waals surface area (Å²) < 4.78 is 0. The zero-order chi connectivity index (χ0) is 13.8. The van der Waals surface area contributed by atoms with Crippen LogP contribution in [0, 0.1) is 0 Å². The predicted molar refractivity (Wildman–Crippen MR) is 79.7 cm³/mol. The van der Waals surface area contributed by atoms with Crippen molar-refractivity contribution in [2.45, 2.75) is 19.6 Å². The first kappa shape index (κ1) is 13.2. The van der Waals surface area contributed by atoms with Crippen molar-refractivity contribution in [3.8, 4) is 0 Å². The maximum atomic E-state index is 9.55. The largest absolute Gasteiger partial charge is 0.399 e. The van der Waals surface area contributed by atoms with Crippen molar-refractivity contribution in [1.82, 2.24) is 0 Å². The number of nitrogen functional groups attached to an aromatic ring is 2. The topological polar surface area (TPSA) is 84.3 Å². The summed E-state index contributed by atoms with van der Waals surface area (Å²) in [6.07, 6.45) is -0.473. The fourth-order valence-electron chi connectivity index (χ4n) is 1.88. The molecule has 0 aliphatic carbocycles. The highest BCUT2D eigenvalue weighted by Gasteiger charge is 2.03. The van der Waals surface area contributed by atoms with Gasteiger partial charge >= 0.3 is 0 Å². The van der Waals surface area contributed by atoms with Crippen LogP contribution in [0.4, 0.5) is 17.1 Å². The number of hydrogen-bond donors (Lipinski definition) is 4. The Morgan fingerprint density at radius 2 is 1.95 bits per heavy atom. The van der Waals surface area contributed by atoms with Crippen molar-refractivity contribution in [2.75, 3.05) is 16.8 Å². The highest BCUT2D eigenvalue weighted by Crippen LogP contribution is 2.20. The van der Waals surface area contributed by atoms with Crippen molar-refractivity contribution >= 4 is 17.1 Å². The third kappa shape index (κ3) is 3.39. The van der Waals surface area contributed by atoms with Crippen molar-refractivity contribution in [2.24, 2.45) is 0 Å². The van der Waals surface area contributed by atoms with E-state index in [-0.39, 0.29) is 0 Å². The van der Waals surface area contributed by atoms with Crippen molar-refractivity contribution in [1.29, 1.82) is 0 Å². The molecule has 0 fully saturated rings. The molecule has 0 spiro atoms. The van der Waals surface area contributed by atoms with Crippen LogP contribution in [0.15, 0.2) is 42.5 Å². The Kier molecular flexibility index (Phi) is 3.92. The molecule has 19 heavy (non-hydrogen) atoms. The van der Waals surface area contributed by atoms with Crippen molar-refractivity contribution < 1.29 is 5.11 Å². The summed E-state index contributed by atoms with van der Waals surface area (Å²) in [5.74, 6) is 0. The van der Waals surface area contributed by atoms with Gasteiger partial charge in [0, 0.05) is 23.6 Å². The van der Waals surface area contributed by atoms with E-state index in [1.807, 2.05) is 30.3 Å². The van der Waals surface area contributed by atoms with Crippen LogP contribution >= 0.6 is 0 Å². The standard InChI is InChI=1S/C15H19N3O/c1-10(19)11-3-2-4-14(8-11)18-9-12-7-13(16)5-6-15(12)17/h2-8,10,18-19H,9,16-17H2,1H3. The molecular weight excluding hydrogens is 238 g/mol. The molecule has 6 N–H and O–H groups in total. The Morgan fingerprint density at radius 3 is 2.68 bits per heavy atom. The van der Waals surface area contributed by atoms with E-state index in [1.165, 1.54) is 0 Å². The lowest BCUT2D eigenvalue weighted by Gasteiger charge is -2.11. The van der Waals surface area contributed by atoms with Crippen LogP contribution in [0.2, 0.25) is 0 Å². The Hall–Kier alpha value is -2.20. The van der Waals surface area contributed by atoms with Crippen LogP contribution in [0.1, 0.15) is 24.2 Å². The molecule has 2 aromatic carbocycles. The van der Waals surface area contributed by atoms with Gasteiger partial charge in [-0.05, 0) is 48.4 Å². The fourth-order valence-corrected chi connectivity index (χ4v) is 1.88. The number of hydrogen-bond acceptors (Lipinski definition) is 4. The predicted octanol–water partition coefficient (Wildman–Crippen LogP) is 2.52. The maximum Gasteiger partial charge on any atom is 0.0762 e. The minimum absolute atomic E-state index is 0.473. The molecule has 0 saturated heterocycles. The third-order valence-corrected chi connectivity index (χ3v) is 3.02. The van der Waals surface area contributed by atoms with Gasteiger partial charge in [-0.25, -0.2) is 0 Å². The van der Waals surface area contributed by atoms with E-state index >= 15 is 0 Å². The summed E-state index contributed by atoms with van der Waals surface area (Å²) in [5.41, 5.74) is 15.8. The van der Waals surface area contributed by atoms with Gasteiger partial charge in [0.05, 0.1) is 6.10 Å². The van der Waals surface area contributed by atoms with E-state index in [0.717, 1.165) is 16.8 Å². The second-order valence-corrected chi connectivity index (χ2v) is 4.61. The maximum absolute atomic E-state index is 9.55. The molecule has 4 nitrogen and oxygen atoms in total. The van der Waals surface area contributed by atoms with Gasteiger partial charge < -0.3 is 21.9 Å². The van der Waals surface area contributed by atoms with E-state index in [1.54, 1.807) is 19.1 Å². The first-order valence-electron chi connectivity index (χ1n) is 6.22. The van der Waals surface area contributed by atoms with Gasteiger partial charge in [0.15, 0.2) is 0 Å². The smallest absolute Gasteiger partial charge is 0.0762 e. The highest BCUT2D eigenvalue weighted by atomic mass is 16.3. The minimum atomic E-state index is -0.473. The van der Waals surface area contributed by atoms with E-state index in [9.17, 15) is 5.11 Å². The molecule has 1 unspecified atom stereocenters. The second kappa shape index (κ2) is 5.63. The minimum Gasteiger partial charge on any atom is -0.399 e. The molecule has 2 aromatic rings. The number of anilines is 3. The van der Waals surface area contributed by atoms with Gasteiger partial charge in [0.2, 0.25) is 0 Å². The third-order valence-electron chi connectivity index (χ3n) is 3.02. The number of rotatable bonds is 4. The number of aliphatic hydroxyl groups excluding tert-OH is 1. The average molecular weight is 257 g/mol. The Bertz CT molecular complexity index is 567. The van der Waals surface area contributed by atoms with Crippen molar-refractivity contribution in [3.05, 3.63) is 53.6 Å². The molecule has 0 amide bonds. The molecule has 1 atom stereocenters. The summed E-state index contributed by atoms with van der Waals surface area (Å²) in [7, 11) is 0. The van der Waals surface area contributed by atoms with Gasteiger partial charge in [-0.1, -0.05) is 12.1 Å². The lowest BCUT2D eigenvalue weighted by molar-refractivity contribution is 0.199. The van der Waals surface area contributed by atoms with Crippen LogP contribution in [0.5, 0.6) is 0 Å². The normalized spacial score (nSPS) is 12.1. The van der Waals surface area contributed by atoms with E-state index in [0.29, 0.717) is 17.9 Å². The van der Waals surface area contributed by atoms with E-state index in [2.05, 4.69) is 5.32 Å². The van der Waals surface area contributed by atoms with E-state index in [4.69, 9.17) is 11.5 Å². The number of aliphatic hydroxyl groups is 1. The molecule has 0 heterocycles. The SMILES string of the molecule is CC(O)c1cccc(NCc2cc(N)ccc2N)c1. The van der Waals surface area contributed by atoms with Gasteiger partial charge in [-0.3, -0.25) is 0 Å². The lowest BCUT2D eigenvalue weighted by atomic mass is 10.1. The zero-order valence-electron chi connectivity index (χ0n) is 10.9. The van der Waals surface area contributed by atoms with Gasteiger partial charge in [0.25, 0.3) is 0 Å².